The Balaban J connectivity index is 1.78. The van der Waals surface area contributed by atoms with E-state index >= 15 is 0 Å². The predicted molar refractivity (Wildman–Crippen MR) is 135 cm³/mol. The highest BCUT2D eigenvalue weighted by atomic mass is 16.5. The summed E-state index contributed by atoms with van der Waals surface area (Å²) < 4.78 is 18.4. The number of rotatable bonds is 11. The van der Waals surface area contributed by atoms with Crippen molar-refractivity contribution in [2.24, 2.45) is 17.6 Å². The molecule has 2 saturated heterocycles. The van der Waals surface area contributed by atoms with Crippen LogP contribution in [0.15, 0.2) is 12.3 Å². The van der Waals surface area contributed by atoms with Crippen LogP contribution in [0.2, 0.25) is 0 Å². The maximum Gasteiger partial charge on any atom is 0.105 e. The second kappa shape index (κ2) is 11.9. The first-order valence-corrected chi connectivity index (χ1v) is 13.0. The fraction of sp³-hybridized carbons (Fsp3) is 0.926. The first kappa shape index (κ1) is 28.6. The van der Waals surface area contributed by atoms with Crippen molar-refractivity contribution in [2.45, 2.75) is 135 Å². The topological polar surface area (TPSA) is 86.0 Å². The zero-order chi connectivity index (χ0) is 24.9. The fourth-order valence-corrected chi connectivity index (χ4v) is 5.86. The van der Waals surface area contributed by atoms with Crippen LogP contribution >= 0.6 is 0 Å². The van der Waals surface area contributed by atoms with Gasteiger partial charge in [-0.25, -0.2) is 0 Å². The molecule has 2 heterocycles. The molecule has 0 bridgehead atoms. The zero-order valence-corrected chi connectivity index (χ0v) is 22.4. The lowest BCUT2D eigenvalue weighted by molar-refractivity contribution is -0.132. The summed E-state index contributed by atoms with van der Waals surface area (Å²) in [5, 5.41) is 14.0. The van der Waals surface area contributed by atoms with Crippen molar-refractivity contribution < 1.29 is 19.3 Å². The highest BCUT2D eigenvalue weighted by Crippen LogP contribution is 2.37. The van der Waals surface area contributed by atoms with Gasteiger partial charge in [0.05, 0.1) is 29.2 Å². The van der Waals surface area contributed by atoms with Gasteiger partial charge in [0.15, 0.2) is 0 Å². The van der Waals surface area contributed by atoms with Crippen LogP contribution in [-0.2, 0) is 14.2 Å². The molecule has 0 aromatic carbocycles. The van der Waals surface area contributed by atoms with Crippen LogP contribution in [0.25, 0.3) is 0 Å². The predicted octanol–water partition coefficient (Wildman–Crippen LogP) is 4.89. The summed E-state index contributed by atoms with van der Waals surface area (Å²) in [7, 11) is 0. The third-order valence-corrected chi connectivity index (χ3v) is 6.61. The summed E-state index contributed by atoms with van der Waals surface area (Å²) in [5.74, 6) is 1.80. The van der Waals surface area contributed by atoms with Gasteiger partial charge < -0.3 is 25.1 Å². The first-order chi connectivity index (χ1) is 15.2. The quantitative estimate of drug-likeness (QED) is 0.296. The minimum Gasteiger partial charge on any atom is -0.493 e. The Hall–Kier alpha value is -0.660. The normalized spacial score (nSPS) is 30.6. The van der Waals surface area contributed by atoms with Gasteiger partial charge >= 0.3 is 0 Å². The largest absolute Gasteiger partial charge is 0.493 e. The molecule has 0 radical (unpaired) electrons. The van der Waals surface area contributed by atoms with E-state index in [-0.39, 0.29) is 29.0 Å². The van der Waals surface area contributed by atoms with Crippen LogP contribution in [0, 0.1) is 11.8 Å². The number of ether oxygens (including phenoxy) is 3. The minimum atomic E-state index is -0.481. The zero-order valence-electron chi connectivity index (χ0n) is 22.4. The molecular formula is C27H52N2O4. The molecule has 1 unspecified atom stereocenters. The molecule has 2 fully saturated rings. The molecule has 0 aromatic rings. The molecule has 0 aromatic heterocycles. The van der Waals surface area contributed by atoms with Crippen LogP contribution in [0.5, 0.6) is 0 Å². The molecule has 33 heavy (non-hydrogen) atoms. The monoisotopic (exact) mass is 468 g/mol. The van der Waals surface area contributed by atoms with Crippen LogP contribution < -0.4 is 11.1 Å². The van der Waals surface area contributed by atoms with Gasteiger partial charge in [-0.15, -0.1) is 0 Å². The smallest absolute Gasteiger partial charge is 0.105 e. The molecule has 0 amide bonds. The maximum atomic E-state index is 10.7. The average Bonchev–Trinajstić information content (AvgIpc) is 2.57. The van der Waals surface area contributed by atoms with E-state index in [1.165, 1.54) is 0 Å². The second-order valence-electron chi connectivity index (χ2n) is 12.6. The van der Waals surface area contributed by atoms with E-state index in [4.69, 9.17) is 19.9 Å². The Morgan fingerprint density at radius 3 is 2.24 bits per heavy atom. The standard InChI is InChI=1S/C27H52N2O4/c1-19(31-25(2,3)4)13-23-14-20(17-26(5,6)33-23)10-12-29-24(30)16-21-15-22(9-11-28)32-27(7,8)18-21/h20-24,29-30H,1,9-18,28H2,2-8H3/t20-,21-,22-,23+,24?/m1/s1. The molecule has 6 heteroatoms. The van der Waals surface area contributed by atoms with Gasteiger partial charge in [0.25, 0.3) is 0 Å². The third kappa shape index (κ3) is 11.1. The molecule has 0 aliphatic carbocycles. The molecular weight excluding hydrogens is 416 g/mol. The van der Waals surface area contributed by atoms with Crippen LogP contribution in [0.1, 0.15) is 99.8 Å². The molecule has 0 spiro atoms. The fourth-order valence-electron chi connectivity index (χ4n) is 5.86. The molecule has 2 aliphatic heterocycles. The Bertz CT molecular complexity index is 614. The second-order valence-corrected chi connectivity index (χ2v) is 12.6. The molecule has 194 valence electrons. The van der Waals surface area contributed by atoms with Gasteiger partial charge in [0, 0.05) is 6.42 Å². The SMILES string of the molecule is C=C(C[C@H]1C[C@@H](CCNC(O)C[C@H]2C[C@@H](CCN)OC(C)(C)C2)CC(C)(C)O1)OC(C)(C)C. The van der Waals surface area contributed by atoms with Crippen molar-refractivity contribution in [2.75, 3.05) is 13.1 Å². The van der Waals surface area contributed by atoms with Crippen molar-refractivity contribution in [3.05, 3.63) is 12.3 Å². The Labute approximate surface area is 203 Å². The summed E-state index contributed by atoms with van der Waals surface area (Å²) >= 11 is 0. The van der Waals surface area contributed by atoms with Crippen LogP contribution in [0.3, 0.4) is 0 Å². The molecule has 5 atom stereocenters. The molecule has 6 nitrogen and oxygen atoms in total. The van der Waals surface area contributed by atoms with Crippen LogP contribution in [0.4, 0.5) is 0 Å². The number of aliphatic hydroxyl groups is 1. The van der Waals surface area contributed by atoms with Crippen molar-refractivity contribution in [3.63, 3.8) is 0 Å². The van der Waals surface area contributed by atoms with Gasteiger partial charge in [-0.2, -0.15) is 0 Å². The van der Waals surface area contributed by atoms with E-state index in [0.717, 1.165) is 63.7 Å². The minimum absolute atomic E-state index is 0.127. The van der Waals surface area contributed by atoms with Crippen molar-refractivity contribution in [3.8, 4) is 0 Å². The lowest BCUT2D eigenvalue weighted by Crippen LogP contribution is -2.43. The first-order valence-electron chi connectivity index (χ1n) is 13.0. The van der Waals surface area contributed by atoms with Crippen molar-refractivity contribution in [1.82, 2.24) is 5.32 Å². The lowest BCUT2D eigenvalue weighted by atomic mass is 9.82. The van der Waals surface area contributed by atoms with E-state index in [2.05, 4.69) is 39.6 Å². The summed E-state index contributed by atoms with van der Waals surface area (Å²) in [6.07, 6.45) is 7.25. The number of hydrogen-bond donors (Lipinski definition) is 3. The maximum absolute atomic E-state index is 10.7. The van der Waals surface area contributed by atoms with Crippen LogP contribution in [-0.4, -0.2) is 53.4 Å². The van der Waals surface area contributed by atoms with Crippen molar-refractivity contribution in [1.29, 1.82) is 0 Å². The van der Waals surface area contributed by atoms with E-state index in [1.54, 1.807) is 0 Å². The summed E-state index contributed by atoms with van der Waals surface area (Å²) in [4.78, 5) is 0. The Morgan fingerprint density at radius 1 is 1.06 bits per heavy atom. The van der Waals surface area contributed by atoms with Gasteiger partial charge in [-0.3, -0.25) is 5.32 Å². The summed E-state index contributed by atoms with van der Waals surface area (Å²) in [6, 6.07) is 0. The van der Waals surface area contributed by atoms with Gasteiger partial charge in [0.2, 0.25) is 0 Å². The summed E-state index contributed by atoms with van der Waals surface area (Å²) in [5.41, 5.74) is 5.22. The molecule has 2 rings (SSSR count). The average molecular weight is 469 g/mol. The lowest BCUT2D eigenvalue weighted by Gasteiger charge is -2.42. The highest BCUT2D eigenvalue weighted by molar-refractivity contribution is 4.93. The van der Waals surface area contributed by atoms with E-state index in [0.29, 0.717) is 18.4 Å². The van der Waals surface area contributed by atoms with E-state index in [9.17, 15) is 5.11 Å². The van der Waals surface area contributed by atoms with Crippen molar-refractivity contribution >= 4 is 0 Å². The highest BCUT2D eigenvalue weighted by Gasteiger charge is 2.36. The van der Waals surface area contributed by atoms with Gasteiger partial charge in [-0.05, 0) is 118 Å². The number of aliphatic hydroxyl groups excluding tert-OH is 1. The third-order valence-electron chi connectivity index (χ3n) is 6.61. The molecule has 4 N–H and O–H groups in total. The van der Waals surface area contributed by atoms with E-state index < -0.39 is 6.23 Å². The summed E-state index contributed by atoms with van der Waals surface area (Å²) in [6.45, 7) is 20.3. The van der Waals surface area contributed by atoms with Gasteiger partial charge in [-0.1, -0.05) is 6.58 Å². The van der Waals surface area contributed by atoms with Gasteiger partial charge in [0.1, 0.15) is 11.8 Å². The number of nitrogens with two attached hydrogens (primary N) is 1. The number of hydrogen-bond acceptors (Lipinski definition) is 6. The molecule has 2 aliphatic rings. The van der Waals surface area contributed by atoms with E-state index in [1.807, 2.05) is 20.8 Å². The molecule has 0 saturated carbocycles. The Morgan fingerprint density at radius 2 is 1.64 bits per heavy atom. The number of nitrogens with one attached hydrogen (secondary N) is 1. The Kier molecular flexibility index (Phi) is 10.3.